The Morgan fingerprint density at radius 2 is 2.58 bits per heavy atom. The van der Waals surface area contributed by atoms with Crippen molar-refractivity contribution in [3.63, 3.8) is 0 Å². The number of carbonyl (C=O) groups excluding carboxylic acids is 1. The van der Waals surface area contributed by atoms with Crippen LogP contribution in [0.4, 0.5) is 5.95 Å². The molecule has 0 saturated carbocycles. The summed E-state index contributed by atoms with van der Waals surface area (Å²) in [5, 5.41) is 6.68. The maximum atomic E-state index is 10.7. The predicted octanol–water partition coefficient (Wildman–Crippen LogP) is -0.927. The van der Waals surface area contributed by atoms with Gasteiger partial charge in [0.05, 0.1) is 12.1 Å². The minimum absolute atomic E-state index is 0.387. The molecule has 0 unspecified atom stereocenters. The van der Waals surface area contributed by atoms with Gasteiger partial charge in [-0.1, -0.05) is 0 Å². The molecular formula is C6H7N5O. The van der Waals surface area contributed by atoms with Gasteiger partial charge in [-0.05, 0) is 0 Å². The number of rotatable bonds is 1. The second-order valence-electron chi connectivity index (χ2n) is 2.42. The minimum Gasteiger partial charge on any atom is -0.366 e. The van der Waals surface area contributed by atoms with Gasteiger partial charge in [-0.25, -0.2) is 4.68 Å². The van der Waals surface area contributed by atoms with Crippen LogP contribution in [0, 0.1) is 0 Å². The molecule has 62 valence electrons. The summed E-state index contributed by atoms with van der Waals surface area (Å²) in [7, 11) is 0. The first-order chi connectivity index (χ1) is 5.77. The standard InChI is InChI=1S/C6H7N5O/c7-5(12)4-1-8-6-9-3-10-11(6)2-4/h1,3H,2H2,(H2,7,12)(H,8,9,10). The molecule has 0 spiro atoms. The fourth-order valence-electron chi connectivity index (χ4n) is 0.999. The van der Waals surface area contributed by atoms with Gasteiger partial charge in [0.25, 0.3) is 0 Å². The number of nitrogens with zero attached hydrogens (tertiary/aromatic N) is 3. The van der Waals surface area contributed by atoms with E-state index in [2.05, 4.69) is 15.4 Å². The van der Waals surface area contributed by atoms with Crippen molar-refractivity contribution in [1.82, 2.24) is 14.8 Å². The molecule has 2 heterocycles. The van der Waals surface area contributed by atoms with Crippen molar-refractivity contribution < 1.29 is 4.79 Å². The van der Waals surface area contributed by atoms with Crippen LogP contribution in [-0.2, 0) is 11.3 Å². The van der Waals surface area contributed by atoms with Crippen LogP contribution in [0.3, 0.4) is 0 Å². The Kier molecular flexibility index (Phi) is 1.33. The monoisotopic (exact) mass is 165 g/mol. The lowest BCUT2D eigenvalue weighted by molar-refractivity contribution is -0.114. The van der Waals surface area contributed by atoms with E-state index in [1.165, 1.54) is 6.33 Å². The molecule has 0 fully saturated rings. The highest BCUT2D eigenvalue weighted by Gasteiger charge is 2.14. The van der Waals surface area contributed by atoms with E-state index in [1.807, 2.05) is 0 Å². The van der Waals surface area contributed by atoms with Crippen molar-refractivity contribution in [3.8, 4) is 0 Å². The van der Waals surface area contributed by atoms with Crippen molar-refractivity contribution in [2.75, 3.05) is 5.32 Å². The first kappa shape index (κ1) is 6.84. The van der Waals surface area contributed by atoms with Gasteiger partial charge < -0.3 is 11.1 Å². The highest BCUT2D eigenvalue weighted by atomic mass is 16.1. The minimum atomic E-state index is -0.441. The lowest BCUT2D eigenvalue weighted by atomic mass is 10.2. The van der Waals surface area contributed by atoms with Crippen LogP contribution in [0.2, 0.25) is 0 Å². The third-order valence-electron chi connectivity index (χ3n) is 1.63. The van der Waals surface area contributed by atoms with Gasteiger partial charge >= 0.3 is 0 Å². The third-order valence-corrected chi connectivity index (χ3v) is 1.63. The van der Waals surface area contributed by atoms with E-state index in [1.54, 1.807) is 10.9 Å². The fourth-order valence-corrected chi connectivity index (χ4v) is 0.999. The van der Waals surface area contributed by atoms with Gasteiger partial charge in [-0.15, -0.1) is 0 Å². The molecule has 1 aromatic rings. The van der Waals surface area contributed by atoms with E-state index in [0.717, 1.165) is 0 Å². The summed E-state index contributed by atoms with van der Waals surface area (Å²) in [6.45, 7) is 0.387. The van der Waals surface area contributed by atoms with Crippen LogP contribution in [-0.4, -0.2) is 20.7 Å². The number of anilines is 1. The van der Waals surface area contributed by atoms with E-state index in [4.69, 9.17) is 5.73 Å². The predicted molar refractivity (Wildman–Crippen MR) is 40.9 cm³/mol. The van der Waals surface area contributed by atoms with Gasteiger partial charge in [-0.3, -0.25) is 4.79 Å². The molecule has 0 atom stereocenters. The fraction of sp³-hybridized carbons (Fsp3) is 0.167. The molecular weight excluding hydrogens is 158 g/mol. The number of hydrogen-bond donors (Lipinski definition) is 2. The normalized spacial score (nSPS) is 14.5. The highest BCUT2D eigenvalue weighted by molar-refractivity contribution is 5.92. The Morgan fingerprint density at radius 1 is 1.75 bits per heavy atom. The van der Waals surface area contributed by atoms with Gasteiger partial charge in [0.1, 0.15) is 6.33 Å². The zero-order chi connectivity index (χ0) is 8.55. The molecule has 1 amide bonds. The van der Waals surface area contributed by atoms with Crippen molar-refractivity contribution in [2.45, 2.75) is 6.54 Å². The molecule has 12 heavy (non-hydrogen) atoms. The lowest BCUT2D eigenvalue weighted by Gasteiger charge is -2.12. The molecule has 0 bridgehead atoms. The number of aromatic nitrogens is 3. The van der Waals surface area contributed by atoms with Crippen LogP contribution in [0.15, 0.2) is 18.1 Å². The van der Waals surface area contributed by atoms with E-state index in [-0.39, 0.29) is 0 Å². The van der Waals surface area contributed by atoms with Crippen molar-refractivity contribution >= 4 is 11.9 Å². The van der Waals surface area contributed by atoms with Gasteiger partial charge in [0.2, 0.25) is 11.9 Å². The molecule has 3 N–H and O–H groups in total. The topological polar surface area (TPSA) is 85.8 Å². The van der Waals surface area contributed by atoms with E-state index >= 15 is 0 Å². The molecule has 1 aromatic heterocycles. The van der Waals surface area contributed by atoms with Crippen LogP contribution < -0.4 is 11.1 Å². The third kappa shape index (κ3) is 0.931. The first-order valence-electron chi connectivity index (χ1n) is 3.40. The van der Waals surface area contributed by atoms with Crippen molar-refractivity contribution in [1.29, 1.82) is 0 Å². The number of hydrogen-bond acceptors (Lipinski definition) is 4. The largest absolute Gasteiger partial charge is 0.366 e. The summed E-state index contributed by atoms with van der Waals surface area (Å²) < 4.78 is 1.57. The van der Waals surface area contributed by atoms with Crippen LogP contribution in [0.25, 0.3) is 0 Å². The number of carbonyl (C=O) groups is 1. The van der Waals surface area contributed by atoms with Gasteiger partial charge in [0, 0.05) is 6.20 Å². The summed E-state index contributed by atoms with van der Waals surface area (Å²) in [5.74, 6) is 0.184. The second-order valence-corrected chi connectivity index (χ2v) is 2.42. The van der Waals surface area contributed by atoms with Crippen LogP contribution in [0.1, 0.15) is 0 Å². The lowest BCUT2D eigenvalue weighted by Crippen LogP contribution is -2.23. The number of fused-ring (bicyclic) bond motifs is 1. The average molecular weight is 165 g/mol. The Morgan fingerprint density at radius 3 is 3.33 bits per heavy atom. The summed E-state index contributed by atoms with van der Waals surface area (Å²) >= 11 is 0. The first-order valence-corrected chi connectivity index (χ1v) is 3.40. The Labute approximate surface area is 68.1 Å². The maximum absolute atomic E-state index is 10.7. The summed E-state index contributed by atoms with van der Waals surface area (Å²) in [6.07, 6.45) is 2.96. The number of primary amides is 1. The quantitative estimate of drug-likeness (QED) is 0.563. The summed E-state index contributed by atoms with van der Waals surface area (Å²) in [6, 6.07) is 0. The average Bonchev–Trinajstić information content (AvgIpc) is 2.49. The smallest absolute Gasteiger partial charge is 0.247 e. The SMILES string of the molecule is NC(=O)C1=CNc2ncnn2C1. The molecule has 1 aliphatic rings. The molecule has 0 aliphatic carbocycles. The Bertz CT molecular complexity index is 353. The zero-order valence-electron chi connectivity index (χ0n) is 6.19. The Hall–Kier alpha value is -1.85. The number of nitrogens with two attached hydrogens (primary N) is 1. The summed E-state index contributed by atoms with van der Waals surface area (Å²) in [5.41, 5.74) is 5.58. The Balaban J connectivity index is 2.29. The number of amides is 1. The highest BCUT2D eigenvalue weighted by Crippen LogP contribution is 2.11. The number of nitrogens with one attached hydrogen (secondary N) is 1. The molecule has 6 nitrogen and oxygen atoms in total. The van der Waals surface area contributed by atoms with Crippen LogP contribution in [0.5, 0.6) is 0 Å². The maximum Gasteiger partial charge on any atom is 0.247 e. The molecule has 2 rings (SSSR count). The zero-order valence-corrected chi connectivity index (χ0v) is 6.19. The van der Waals surface area contributed by atoms with Crippen molar-refractivity contribution in [3.05, 3.63) is 18.1 Å². The van der Waals surface area contributed by atoms with Crippen molar-refractivity contribution in [2.24, 2.45) is 5.73 Å². The van der Waals surface area contributed by atoms with E-state index in [9.17, 15) is 4.79 Å². The summed E-state index contributed by atoms with van der Waals surface area (Å²) in [4.78, 5) is 14.6. The van der Waals surface area contributed by atoms with Gasteiger partial charge in [0.15, 0.2) is 0 Å². The van der Waals surface area contributed by atoms with E-state index in [0.29, 0.717) is 18.1 Å². The molecule has 0 aromatic carbocycles. The van der Waals surface area contributed by atoms with Gasteiger partial charge in [-0.2, -0.15) is 10.1 Å². The molecule has 6 heteroatoms. The second kappa shape index (κ2) is 2.33. The molecule has 0 saturated heterocycles. The van der Waals surface area contributed by atoms with Crippen LogP contribution >= 0.6 is 0 Å². The molecule has 0 radical (unpaired) electrons. The van der Waals surface area contributed by atoms with E-state index < -0.39 is 5.91 Å². The molecule has 1 aliphatic heterocycles.